The van der Waals surface area contributed by atoms with Crippen LogP contribution in [0.25, 0.3) is 0 Å². The molecule has 0 spiro atoms. The Morgan fingerprint density at radius 3 is 2.87 bits per heavy atom. The fraction of sp³-hybridized carbons (Fsp3) is 0.222. The Morgan fingerprint density at radius 1 is 1.67 bits per heavy atom. The molecule has 0 aliphatic rings. The van der Waals surface area contributed by atoms with Crippen molar-refractivity contribution in [3.63, 3.8) is 0 Å². The number of methoxy groups -OCH3 is 1. The molecule has 0 aliphatic carbocycles. The van der Waals surface area contributed by atoms with Crippen LogP contribution in [0.1, 0.15) is 0 Å². The number of rotatable bonds is 4. The van der Waals surface area contributed by atoms with Gasteiger partial charge < -0.3 is 20.9 Å². The smallest absolute Gasteiger partial charge is 0.322 e. The molecule has 0 aromatic heterocycles. The second-order valence-corrected chi connectivity index (χ2v) is 2.82. The second-order valence-electron chi connectivity index (χ2n) is 2.82. The summed E-state index contributed by atoms with van der Waals surface area (Å²) in [6.45, 7) is -0.293. The SMILES string of the molecule is COc1cc(NCC(=O)O)c(N)cc1F. The zero-order valence-electron chi connectivity index (χ0n) is 8.08. The molecule has 0 bridgehead atoms. The summed E-state index contributed by atoms with van der Waals surface area (Å²) in [6.07, 6.45) is 0. The van der Waals surface area contributed by atoms with Gasteiger partial charge in [0.05, 0.1) is 18.5 Å². The first-order valence-corrected chi connectivity index (χ1v) is 4.13. The van der Waals surface area contributed by atoms with E-state index in [4.69, 9.17) is 15.6 Å². The lowest BCUT2D eigenvalue weighted by Gasteiger charge is -2.10. The van der Waals surface area contributed by atoms with Crippen LogP contribution in [0.15, 0.2) is 12.1 Å². The molecule has 15 heavy (non-hydrogen) atoms. The topological polar surface area (TPSA) is 84.6 Å². The van der Waals surface area contributed by atoms with Crippen LogP contribution in [0.2, 0.25) is 0 Å². The van der Waals surface area contributed by atoms with Crippen LogP contribution in [-0.4, -0.2) is 24.7 Å². The van der Waals surface area contributed by atoms with Crippen molar-refractivity contribution < 1.29 is 19.0 Å². The van der Waals surface area contributed by atoms with Gasteiger partial charge in [-0.1, -0.05) is 0 Å². The molecule has 6 heteroatoms. The molecule has 0 amide bonds. The molecule has 0 unspecified atom stereocenters. The van der Waals surface area contributed by atoms with E-state index in [1.165, 1.54) is 13.2 Å². The molecule has 0 atom stereocenters. The van der Waals surface area contributed by atoms with Crippen LogP contribution in [0.4, 0.5) is 15.8 Å². The molecule has 0 heterocycles. The van der Waals surface area contributed by atoms with Gasteiger partial charge in [0.2, 0.25) is 0 Å². The highest BCUT2D eigenvalue weighted by Crippen LogP contribution is 2.27. The van der Waals surface area contributed by atoms with E-state index >= 15 is 0 Å². The van der Waals surface area contributed by atoms with Gasteiger partial charge >= 0.3 is 5.97 Å². The lowest BCUT2D eigenvalue weighted by Crippen LogP contribution is -2.13. The van der Waals surface area contributed by atoms with E-state index in [0.29, 0.717) is 5.69 Å². The standard InChI is InChI=1S/C9H11FN2O3/c1-15-8-3-7(12-4-9(13)14)6(11)2-5(8)10/h2-3,12H,4,11H2,1H3,(H,13,14). The van der Waals surface area contributed by atoms with E-state index in [2.05, 4.69) is 5.32 Å². The van der Waals surface area contributed by atoms with Gasteiger partial charge in [0, 0.05) is 12.1 Å². The third kappa shape index (κ3) is 2.73. The first-order chi connectivity index (χ1) is 7.04. The van der Waals surface area contributed by atoms with Gasteiger partial charge in [-0.2, -0.15) is 0 Å². The summed E-state index contributed by atoms with van der Waals surface area (Å²) in [4.78, 5) is 10.3. The molecule has 5 nitrogen and oxygen atoms in total. The largest absolute Gasteiger partial charge is 0.494 e. The first kappa shape index (κ1) is 11.1. The molecule has 1 aromatic rings. The van der Waals surface area contributed by atoms with Gasteiger partial charge in [0.1, 0.15) is 6.54 Å². The number of carboxylic acid groups (broad SMARTS) is 1. The van der Waals surface area contributed by atoms with Gasteiger partial charge in [0.25, 0.3) is 0 Å². The number of aliphatic carboxylic acids is 1. The summed E-state index contributed by atoms with van der Waals surface area (Å²) in [6, 6.07) is 2.39. The highest BCUT2D eigenvalue weighted by molar-refractivity contribution is 5.76. The summed E-state index contributed by atoms with van der Waals surface area (Å²) in [5.74, 6) is -1.61. The number of ether oxygens (including phenoxy) is 1. The highest BCUT2D eigenvalue weighted by Gasteiger charge is 2.08. The summed E-state index contributed by atoms with van der Waals surface area (Å²) in [5.41, 5.74) is 5.94. The number of hydrogen-bond acceptors (Lipinski definition) is 4. The summed E-state index contributed by atoms with van der Waals surface area (Å²) >= 11 is 0. The van der Waals surface area contributed by atoms with Crippen LogP contribution < -0.4 is 15.8 Å². The number of halogens is 1. The molecule has 0 aliphatic heterocycles. The van der Waals surface area contributed by atoms with E-state index in [1.54, 1.807) is 0 Å². The minimum Gasteiger partial charge on any atom is -0.494 e. The predicted octanol–water partition coefficient (Wildman–Crippen LogP) is 0.913. The summed E-state index contributed by atoms with van der Waals surface area (Å²) in [7, 11) is 1.32. The van der Waals surface area contributed by atoms with Crippen LogP contribution in [0.3, 0.4) is 0 Å². The number of hydrogen-bond donors (Lipinski definition) is 3. The Kier molecular flexibility index (Phi) is 3.33. The van der Waals surface area contributed by atoms with Crippen molar-refractivity contribution in [2.45, 2.75) is 0 Å². The molecule has 82 valence electrons. The Bertz CT molecular complexity index is 382. The van der Waals surface area contributed by atoms with E-state index in [1.807, 2.05) is 0 Å². The molecule has 0 radical (unpaired) electrons. The van der Waals surface area contributed by atoms with Crippen LogP contribution >= 0.6 is 0 Å². The van der Waals surface area contributed by atoms with Crippen molar-refractivity contribution >= 4 is 17.3 Å². The Balaban J connectivity index is 2.92. The van der Waals surface area contributed by atoms with E-state index in [0.717, 1.165) is 6.07 Å². The van der Waals surface area contributed by atoms with Gasteiger partial charge in [0.15, 0.2) is 11.6 Å². The van der Waals surface area contributed by atoms with Crippen molar-refractivity contribution in [2.24, 2.45) is 0 Å². The lowest BCUT2D eigenvalue weighted by atomic mass is 10.2. The van der Waals surface area contributed by atoms with Crippen molar-refractivity contribution in [2.75, 3.05) is 24.7 Å². The number of anilines is 2. The maximum absolute atomic E-state index is 13.1. The van der Waals surface area contributed by atoms with E-state index in [-0.39, 0.29) is 18.0 Å². The van der Waals surface area contributed by atoms with Crippen molar-refractivity contribution in [3.8, 4) is 5.75 Å². The number of nitrogens with two attached hydrogens (primary N) is 1. The van der Waals surface area contributed by atoms with Crippen molar-refractivity contribution in [1.29, 1.82) is 0 Å². The predicted molar refractivity (Wildman–Crippen MR) is 53.5 cm³/mol. The third-order valence-electron chi connectivity index (χ3n) is 1.75. The van der Waals surface area contributed by atoms with Crippen LogP contribution in [-0.2, 0) is 4.79 Å². The summed E-state index contributed by atoms with van der Waals surface area (Å²) < 4.78 is 17.8. The van der Waals surface area contributed by atoms with Crippen molar-refractivity contribution in [3.05, 3.63) is 17.9 Å². The molecule has 1 rings (SSSR count). The van der Waals surface area contributed by atoms with Gasteiger partial charge in [-0.15, -0.1) is 0 Å². The Hall–Kier alpha value is -1.98. The van der Waals surface area contributed by atoms with Gasteiger partial charge in [-0.05, 0) is 0 Å². The summed E-state index contributed by atoms with van der Waals surface area (Å²) in [5, 5.41) is 11.0. The molecule has 1 aromatic carbocycles. The molecular formula is C9H11FN2O3. The number of nitrogen functional groups attached to an aromatic ring is 1. The minimum atomic E-state index is -1.03. The highest BCUT2D eigenvalue weighted by atomic mass is 19.1. The van der Waals surface area contributed by atoms with Crippen molar-refractivity contribution in [1.82, 2.24) is 0 Å². The average Bonchev–Trinajstić information content (AvgIpc) is 2.16. The maximum Gasteiger partial charge on any atom is 0.322 e. The Morgan fingerprint density at radius 2 is 2.33 bits per heavy atom. The normalized spacial score (nSPS) is 9.73. The molecule has 4 N–H and O–H groups in total. The fourth-order valence-electron chi connectivity index (χ4n) is 1.05. The quantitative estimate of drug-likeness (QED) is 0.649. The Labute approximate surface area is 85.7 Å². The van der Waals surface area contributed by atoms with Gasteiger partial charge in [-0.25, -0.2) is 4.39 Å². The maximum atomic E-state index is 13.1. The number of benzene rings is 1. The van der Waals surface area contributed by atoms with Gasteiger partial charge in [-0.3, -0.25) is 4.79 Å². The second kappa shape index (κ2) is 4.50. The number of carboxylic acids is 1. The zero-order valence-corrected chi connectivity index (χ0v) is 8.08. The number of nitrogens with one attached hydrogen (secondary N) is 1. The first-order valence-electron chi connectivity index (χ1n) is 4.13. The molecule has 0 fully saturated rings. The van der Waals surface area contributed by atoms with Crippen LogP contribution in [0, 0.1) is 5.82 Å². The minimum absolute atomic E-state index is 0.0112. The zero-order chi connectivity index (χ0) is 11.4. The average molecular weight is 214 g/mol. The van der Waals surface area contributed by atoms with Crippen LogP contribution in [0.5, 0.6) is 5.75 Å². The molecule has 0 saturated heterocycles. The number of carbonyl (C=O) groups is 1. The monoisotopic (exact) mass is 214 g/mol. The fourth-order valence-corrected chi connectivity index (χ4v) is 1.05. The lowest BCUT2D eigenvalue weighted by molar-refractivity contribution is -0.134. The molecular weight excluding hydrogens is 203 g/mol. The van der Waals surface area contributed by atoms with E-state index < -0.39 is 11.8 Å². The third-order valence-corrected chi connectivity index (χ3v) is 1.75. The molecule has 0 saturated carbocycles. The van der Waals surface area contributed by atoms with E-state index in [9.17, 15) is 9.18 Å².